The van der Waals surface area contributed by atoms with E-state index in [0.717, 1.165) is 0 Å². The van der Waals surface area contributed by atoms with E-state index in [-0.39, 0.29) is 69.0 Å². The standard InChI is InChI=1S/C30H28N2O8/c1-29(2)11-21(33)17-9-19(27(37)39-23(17)13-29)25(35)31-15-5-7-16(8-6-15)32-26(36)20-10-18-22(34)12-30(3,4)14-24(18)40-28(20)38/h5-10H,11-14H2,1-4H3,(H,31,35)(H,32,36). The molecule has 2 aromatic heterocycles. The zero-order chi connectivity index (χ0) is 29.0. The number of carbonyl (C=O) groups excluding carboxylic acids is 4. The van der Waals surface area contributed by atoms with Gasteiger partial charge in [-0.1, -0.05) is 27.7 Å². The molecule has 2 amide bonds. The summed E-state index contributed by atoms with van der Waals surface area (Å²) in [4.78, 5) is 75.6. The van der Waals surface area contributed by atoms with Gasteiger partial charge < -0.3 is 19.5 Å². The van der Waals surface area contributed by atoms with Crippen LogP contribution in [0.25, 0.3) is 0 Å². The Bertz CT molecular complexity index is 1580. The van der Waals surface area contributed by atoms with Gasteiger partial charge >= 0.3 is 11.3 Å². The number of hydrogen-bond acceptors (Lipinski definition) is 8. The van der Waals surface area contributed by atoms with E-state index >= 15 is 0 Å². The molecule has 0 atom stereocenters. The van der Waals surface area contributed by atoms with Crippen molar-refractivity contribution in [2.45, 2.75) is 53.4 Å². The SMILES string of the molecule is CC1(C)CC(=O)c2cc(C(=O)Nc3ccc(NC(=O)c4cc5c(oc4=O)CC(C)(C)CC5=O)cc3)c(=O)oc2C1. The van der Waals surface area contributed by atoms with E-state index in [1.807, 2.05) is 27.7 Å². The quantitative estimate of drug-likeness (QED) is 0.490. The first-order chi connectivity index (χ1) is 18.7. The van der Waals surface area contributed by atoms with Crippen LogP contribution in [0.4, 0.5) is 11.4 Å². The van der Waals surface area contributed by atoms with Crippen molar-refractivity contribution in [1.82, 2.24) is 0 Å². The minimum Gasteiger partial charge on any atom is -0.427 e. The van der Waals surface area contributed by atoms with Gasteiger partial charge in [-0.05, 0) is 47.2 Å². The Morgan fingerprint density at radius 2 is 0.975 bits per heavy atom. The van der Waals surface area contributed by atoms with Crippen molar-refractivity contribution < 1.29 is 28.0 Å². The molecule has 0 unspecified atom stereocenters. The molecule has 2 heterocycles. The molecule has 1 aromatic carbocycles. The van der Waals surface area contributed by atoms with Crippen molar-refractivity contribution in [3.8, 4) is 0 Å². The molecule has 0 saturated carbocycles. The maximum absolute atomic E-state index is 12.8. The predicted molar refractivity (Wildman–Crippen MR) is 145 cm³/mol. The monoisotopic (exact) mass is 544 g/mol. The molecule has 5 rings (SSSR count). The van der Waals surface area contributed by atoms with Crippen LogP contribution in [0, 0.1) is 10.8 Å². The largest absolute Gasteiger partial charge is 0.427 e. The number of ketones is 2. The molecule has 3 aromatic rings. The zero-order valence-corrected chi connectivity index (χ0v) is 22.6. The Morgan fingerprint density at radius 3 is 1.32 bits per heavy atom. The second-order valence-electron chi connectivity index (χ2n) is 11.9. The van der Waals surface area contributed by atoms with Gasteiger partial charge in [0.2, 0.25) is 0 Å². The number of benzene rings is 1. The van der Waals surface area contributed by atoms with Crippen molar-refractivity contribution in [1.29, 1.82) is 0 Å². The van der Waals surface area contributed by atoms with Gasteiger partial charge in [-0.25, -0.2) is 9.59 Å². The lowest BCUT2D eigenvalue weighted by atomic mass is 9.76. The number of carbonyl (C=O) groups is 4. The minimum absolute atomic E-state index is 0.190. The van der Waals surface area contributed by atoms with Gasteiger partial charge in [-0.2, -0.15) is 0 Å². The second-order valence-corrected chi connectivity index (χ2v) is 11.9. The molecule has 0 saturated heterocycles. The van der Waals surface area contributed by atoms with E-state index in [1.165, 1.54) is 36.4 Å². The number of anilines is 2. The number of fused-ring (bicyclic) bond motifs is 2. The Morgan fingerprint density at radius 1 is 0.625 bits per heavy atom. The molecular weight excluding hydrogens is 516 g/mol. The maximum atomic E-state index is 12.8. The second kappa shape index (κ2) is 9.55. The van der Waals surface area contributed by atoms with Crippen molar-refractivity contribution in [3.05, 3.63) is 91.0 Å². The maximum Gasteiger partial charge on any atom is 0.348 e. The average Bonchev–Trinajstić information content (AvgIpc) is 2.82. The van der Waals surface area contributed by atoms with Crippen molar-refractivity contribution in [2.24, 2.45) is 10.8 Å². The van der Waals surface area contributed by atoms with Gasteiger partial charge in [0.1, 0.15) is 22.6 Å². The highest BCUT2D eigenvalue weighted by Gasteiger charge is 2.35. The predicted octanol–water partition coefficient (Wildman–Crippen LogP) is 4.41. The molecule has 0 aliphatic heterocycles. The summed E-state index contributed by atoms with van der Waals surface area (Å²) in [6.45, 7) is 7.63. The van der Waals surface area contributed by atoms with Gasteiger partial charge in [0.25, 0.3) is 11.8 Å². The summed E-state index contributed by atoms with van der Waals surface area (Å²) in [6, 6.07) is 8.51. The number of hydrogen-bond donors (Lipinski definition) is 2. The molecule has 0 spiro atoms. The molecule has 206 valence electrons. The van der Waals surface area contributed by atoms with Crippen LogP contribution in [-0.4, -0.2) is 23.4 Å². The molecule has 40 heavy (non-hydrogen) atoms. The normalized spacial score (nSPS) is 17.0. The van der Waals surface area contributed by atoms with Gasteiger partial charge in [-0.15, -0.1) is 0 Å². The third-order valence-electron chi connectivity index (χ3n) is 7.10. The number of amides is 2. The molecule has 10 nitrogen and oxygen atoms in total. The fraction of sp³-hybridized carbons (Fsp3) is 0.333. The van der Waals surface area contributed by atoms with Gasteiger partial charge in [0.15, 0.2) is 11.6 Å². The van der Waals surface area contributed by atoms with Crippen molar-refractivity contribution in [2.75, 3.05) is 10.6 Å². The van der Waals surface area contributed by atoms with Crippen LogP contribution in [0.2, 0.25) is 0 Å². The lowest BCUT2D eigenvalue weighted by Crippen LogP contribution is -2.30. The minimum atomic E-state index is -0.837. The highest BCUT2D eigenvalue weighted by atomic mass is 16.4. The van der Waals surface area contributed by atoms with Gasteiger partial charge in [0.05, 0.1) is 11.1 Å². The summed E-state index contributed by atoms with van der Waals surface area (Å²) in [5, 5.41) is 5.16. The summed E-state index contributed by atoms with van der Waals surface area (Å²) in [6.07, 6.45) is 1.40. The van der Waals surface area contributed by atoms with Crippen molar-refractivity contribution >= 4 is 34.8 Å². The molecule has 2 N–H and O–H groups in total. The number of rotatable bonds is 4. The van der Waals surface area contributed by atoms with Gasteiger partial charge in [0, 0.05) is 37.1 Å². The van der Waals surface area contributed by atoms with Crippen LogP contribution in [0.15, 0.2) is 54.8 Å². The first kappa shape index (κ1) is 27.0. The molecule has 0 bridgehead atoms. The van der Waals surface area contributed by atoms with Crippen LogP contribution in [0.1, 0.15) is 93.5 Å². The van der Waals surface area contributed by atoms with E-state index in [2.05, 4.69) is 10.6 Å². The van der Waals surface area contributed by atoms with E-state index in [0.29, 0.717) is 24.2 Å². The van der Waals surface area contributed by atoms with Crippen LogP contribution < -0.4 is 21.9 Å². The lowest BCUT2D eigenvalue weighted by Gasteiger charge is -2.28. The summed E-state index contributed by atoms with van der Waals surface area (Å²) >= 11 is 0. The smallest absolute Gasteiger partial charge is 0.348 e. The highest BCUT2D eigenvalue weighted by molar-refractivity contribution is 6.08. The molecule has 2 aliphatic rings. The van der Waals surface area contributed by atoms with E-state index in [1.54, 1.807) is 0 Å². The van der Waals surface area contributed by atoms with Crippen molar-refractivity contribution in [3.63, 3.8) is 0 Å². The Balaban J connectivity index is 1.29. The Kier molecular flexibility index (Phi) is 6.44. The third kappa shape index (κ3) is 5.29. The molecule has 0 fully saturated rings. The number of nitrogens with one attached hydrogen (secondary N) is 2. The third-order valence-corrected chi connectivity index (χ3v) is 7.10. The highest BCUT2D eigenvalue weighted by Crippen LogP contribution is 2.35. The fourth-order valence-electron chi connectivity index (χ4n) is 5.15. The molecule has 2 aliphatic carbocycles. The summed E-state index contributed by atoms with van der Waals surface area (Å²) < 4.78 is 10.6. The average molecular weight is 545 g/mol. The topological polar surface area (TPSA) is 153 Å². The van der Waals surface area contributed by atoms with Crippen LogP contribution in [0.3, 0.4) is 0 Å². The lowest BCUT2D eigenvalue weighted by molar-refractivity contribution is 0.0885. The summed E-state index contributed by atoms with van der Waals surface area (Å²) in [5.74, 6) is -1.31. The van der Waals surface area contributed by atoms with Crippen LogP contribution in [-0.2, 0) is 12.8 Å². The zero-order valence-electron chi connectivity index (χ0n) is 22.6. The van der Waals surface area contributed by atoms with Gasteiger partial charge in [-0.3, -0.25) is 19.2 Å². The first-order valence-electron chi connectivity index (χ1n) is 12.8. The van der Waals surface area contributed by atoms with E-state index in [9.17, 15) is 28.8 Å². The van der Waals surface area contributed by atoms with Crippen LogP contribution in [0.5, 0.6) is 0 Å². The first-order valence-corrected chi connectivity index (χ1v) is 12.8. The summed E-state index contributed by atoms with van der Waals surface area (Å²) in [7, 11) is 0. The molecular formula is C30H28N2O8. The Labute approximate surface area is 228 Å². The molecule has 10 heteroatoms. The van der Waals surface area contributed by atoms with Crippen LogP contribution >= 0.6 is 0 Å². The Hall–Kier alpha value is -4.60. The van der Waals surface area contributed by atoms with E-state index < -0.39 is 23.1 Å². The summed E-state index contributed by atoms with van der Waals surface area (Å²) in [5.41, 5.74) is -1.82. The molecule has 0 radical (unpaired) electrons. The fourth-order valence-corrected chi connectivity index (χ4v) is 5.15. The number of Topliss-reactive ketones (excluding diaryl/α,β-unsaturated/α-hetero) is 2. The van der Waals surface area contributed by atoms with E-state index in [4.69, 9.17) is 8.83 Å².